The van der Waals surface area contributed by atoms with Crippen LogP contribution < -0.4 is 4.31 Å². The van der Waals surface area contributed by atoms with Crippen LogP contribution in [-0.2, 0) is 27.7 Å². The number of Topliss-reactive ketones (excluding diaryl/α,β-unsaturated/α-hetero) is 1. The Hall–Kier alpha value is -2.94. The van der Waals surface area contributed by atoms with Crippen molar-refractivity contribution in [2.24, 2.45) is 0 Å². The number of hydrogen-bond donors (Lipinski definition) is 0. The second-order valence-corrected chi connectivity index (χ2v) is 12.1. The molecular weight excluding hydrogens is 533 g/mol. The summed E-state index contributed by atoms with van der Waals surface area (Å²) >= 11 is 12.4. The molecule has 1 atom stereocenters. The van der Waals surface area contributed by atoms with E-state index >= 15 is 0 Å². The third-order valence-corrected chi connectivity index (χ3v) is 9.22. The average Bonchev–Trinajstić information content (AvgIpc) is 3.29. The molecule has 0 aliphatic carbocycles. The first-order valence-corrected chi connectivity index (χ1v) is 14.2. The van der Waals surface area contributed by atoms with Crippen LogP contribution in [0.4, 0.5) is 5.69 Å². The van der Waals surface area contributed by atoms with E-state index in [-0.39, 0.29) is 51.2 Å². The van der Waals surface area contributed by atoms with Gasteiger partial charge in [-0.15, -0.1) is 0 Å². The van der Waals surface area contributed by atoms with Gasteiger partial charge in [-0.3, -0.25) is 18.9 Å². The third kappa shape index (κ3) is 4.98. The summed E-state index contributed by atoms with van der Waals surface area (Å²) in [4.78, 5) is 32.0. The van der Waals surface area contributed by atoms with E-state index in [4.69, 9.17) is 23.2 Å². The monoisotopic (exact) mass is 557 g/mol. The lowest BCUT2D eigenvalue weighted by Crippen LogP contribution is -2.51. The molecule has 0 spiro atoms. The van der Waals surface area contributed by atoms with E-state index in [0.717, 1.165) is 12.0 Å². The summed E-state index contributed by atoms with van der Waals surface area (Å²) in [7, 11) is -3.96. The van der Waals surface area contributed by atoms with Gasteiger partial charge >= 0.3 is 0 Å². The van der Waals surface area contributed by atoms with Crippen LogP contribution in [0.25, 0.3) is 0 Å². The number of carbonyl (C=O) groups is 2. The Morgan fingerprint density at radius 1 is 1.11 bits per heavy atom. The zero-order valence-electron chi connectivity index (χ0n) is 20.2. The molecule has 0 saturated carbocycles. The Morgan fingerprint density at radius 3 is 2.51 bits per heavy atom. The van der Waals surface area contributed by atoms with Gasteiger partial charge in [0.15, 0.2) is 5.78 Å². The highest BCUT2D eigenvalue weighted by Gasteiger charge is 2.39. The summed E-state index contributed by atoms with van der Waals surface area (Å²) < 4.78 is 29.1. The Kier molecular flexibility index (Phi) is 7.00. The quantitative estimate of drug-likeness (QED) is 0.403. The molecule has 192 valence electrons. The Bertz CT molecular complexity index is 1490. The van der Waals surface area contributed by atoms with Crippen LogP contribution in [0, 0.1) is 6.92 Å². The molecule has 37 heavy (non-hydrogen) atoms. The molecule has 2 aliphatic rings. The summed E-state index contributed by atoms with van der Waals surface area (Å²) in [5.74, 6) is -0.262. The van der Waals surface area contributed by atoms with Crippen molar-refractivity contribution < 1.29 is 18.0 Å². The number of anilines is 1. The highest BCUT2D eigenvalue weighted by Crippen LogP contribution is 2.35. The van der Waals surface area contributed by atoms with Gasteiger partial charge in [-0.2, -0.15) is 0 Å². The molecule has 2 aliphatic heterocycles. The zero-order chi connectivity index (χ0) is 26.3. The number of fused-ring (bicyclic) bond motifs is 1. The lowest BCUT2D eigenvalue weighted by molar-refractivity contribution is -0.129. The van der Waals surface area contributed by atoms with E-state index < -0.39 is 10.0 Å². The normalized spacial score (nSPS) is 17.7. The minimum atomic E-state index is -3.96. The summed E-state index contributed by atoms with van der Waals surface area (Å²) in [5, 5.41) is 0.510. The van der Waals surface area contributed by atoms with Crippen LogP contribution in [0.3, 0.4) is 0 Å². The molecule has 3 aromatic rings. The average molecular weight is 558 g/mol. The maximum atomic E-state index is 13.9. The largest absolute Gasteiger partial charge is 0.337 e. The van der Waals surface area contributed by atoms with Crippen LogP contribution in [0.5, 0.6) is 0 Å². The van der Waals surface area contributed by atoms with Crippen LogP contribution >= 0.6 is 23.2 Å². The van der Waals surface area contributed by atoms with Crippen LogP contribution in [0.2, 0.25) is 10.0 Å². The van der Waals surface area contributed by atoms with Crippen molar-refractivity contribution in [1.29, 1.82) is 0 Å². The smallest absolute Gasteiger partial charge is 0.264 e. The molecule has 5 rings (SSSR count). The standard InChI is InChI=1S/C27H25Cl2N3O4S/c1-17-5-2-6-20(11-17)37(35,36)32-16-19(31-10-4-9-26(31)34)14-23-24(32)12-18(15-30-23)13-25(33)27-21(28)7-3-8-22(27)29/h2-3,5-8,11-12,15,19H,4,9-10,13-14,16H2,1H3/t19-/m0/s1. The lowest BCUT2D eigenvalue weighted by Gasteiger charge is -2.38. The van der Waals surface area contributed by atoms with Gasteiger partial charge in [-0.25, -0.2) is 8.42 Å². The highest BCUT2D eigenvalue weighted by atomic mass is 35.5. The number of benzene rings is 2. The molecule has 1 saturated heterocycles. The molecule has 1 aromatic heterocycles. The number of nitrogens with zero attached hydrogens (tertiary/aromatic N) is 3. The molecule has 1 fully saturated rings. The number of hydrogen-bond acceptors (Lipinski definition) is 5. The van der Waals surface area contributed by atoms with Gasteiger partial charge in [0.05, 0.1) is 44.5 Å². The van der Waals surface area contributed by atoms with Gasteiger partial charge in [-0.1, -0.05) is 41.4 Å². The number of pyridine rings is 1. The topological polar surface area (TPSA) is 87.7 Å². The van der Waals surface area contributed by atoms with Gasteiger partial charge < -0.3 is 4.90 Å². The van der Waals surface area contributed by atoms with Crippen molar-refractivity contribution in [3.8, 4) is 0 Å². The molecule has 1 amide bonds. The first-order valence-electron chi connectivity index (χ1n) is 12.0. The van der Waals surface area contributed by atoms with Crippen molar-refractivity contribution in [3.63, 3.8) is 0 Å². The predicted molar refractivity (Wildman–Crippen MR) is 143 cm³/mol. The van der Waals surface area contributed by atoms with Gasteiger partial charge in [0.2, 0.25) is 5.91 Å². The van der Waals surface area contributed by atoms with Crippen molar-refractivity contribution >= 4 is 50.6 Å². The van der Waals surface area contributed by atoms with Crippen molar-refractivity contribution in [2.45, 2.75) is 43.5 Å². The fraction of sp³-hybridized carbons (Fsp3) is 0.296. The molecule has 10 heteroatoms. The number of likely N-dealkylation sites (tertiary alicyclic amines) is 1. The highest BCUT2D eigenvalue weighted by molar-refractivity contribution is 7.92. The number of amides is 1. The van der Waals surface area contributed by atoms with E-state index in [2.05, 4.69) is 4.98 Å². The summed E-state index contributed by atoms with van der Waals surface area (Å²) in [6.07, 6.45) is 3.19. The maximum absolute atomic E-state index is 13.9. The van der Waals surface area contributed by atoms with E-state index in [0.29, 0.717) is 36.3 Å². The fourth-order valence-corrected chi connectivity index (χ4v) is 7.24. The van der Waals surface area contributed by atoms with E-state index in [9.17, 15) is 18.0 Å². The van der Waals surface area contributed by atoms with Crippen molar-refractivity contribution in [3.05, 3.63) is 87.2 Å². The number of halogens is 2. The number of aromatic nitrogens is 1. The van der Waals surface area contributed by atoms with Crippen molar-refractivity contribution in [2.75, 3.05) is 17.4 Å². The number of carbonyl (C=O) groups excluding carboxylic acids is 2. The number of rotatable bonds is 6. The van der Waals surface area contributed by atoms with Gasteiger partial charge in [0.1, 0.15) is 0 Å². The Morgan fingerprint density at radius 2 is 1.84 bits per heavy atom. The van der Waals surface area contributed by atoms with Crippen LogP contribution in [0.1, 0.15) is 40.0 Å². The van der Waals surface area contributed by atoms with E-state index in [1.165, 1.54) is 4.31 Å². The number of ketones is 1. The molecule has 0 N–H and O–H groups in total. The van der Waals surface area contributed by atoms with Crippen LogP contribution in [0.15, 0.2) is 59.6 Å². The second kappa shape index (κ2) is 10.1. The minimum Gasteiger partial charge on any atom is -0.337 e. The van der Waals surface area contributed by atoms with E-state index in [1.807, 2.05) is 13.0 Å². The SMILES string of the molecule is Cc1cccc(S(=O)(=O)N2C[C@@H](N3CCCC3=O)Cc3ncc(CC(=O)c4c(Cl)cccc4Cl)cc32)c1. The molecule has 0 radical (unpaired) electrons. The minimum absolute atomic E-state index is 0.0280. The molecule has 0 unspecified atom stereocenters. The summed E-state index contributed by atoms with van der Waals surface area (Å²) in [6.45, 7) is 2.55. The molecule has 2 aromatic carbocycles. The number of aryl methyl sites for hydroxylation is 1. The van der Waals surface area contributed by atoms with Crippen molar-refractivity contribution in [1.82, 2.24) is 9.88 Å². The predicted octanol–water partition coefficient (Wildman–Crippen LogP) is 4.86. The molecule has 3 heterocycles. The van der Waals surface area contributed by atoms with Gasteiger partial charge in [-0.05, 0) is 54.8 Å². The van der Waals surface area contributed by atoms with Gasteiger partial charge in [0.25, 0.3) is 10.0 Å². The third-order valence-electron chi connectivity index (χ3n) is 6.81. The molecular formula is C27H25Cl2N3O4S. The first-order chi connectivity index (χ1) is 17.6. The lowest BCUT2D eigenvalue weighted by atomic mass is 9.99. The Balaban J connectivity index is 1.54. The van der Waals surface area contributed by atoms with Crippen LogP contribution in [-0.4, -0.2) is 49.1 Å². The van der Waals surface area contributed by atoms with Gasteiger partial charge in [0, 0.05) is 32.0 Å². The molecule has 7 nitrogen and oxygen atoms in total. The maximum Gasteiger partial charge on any atom is 0.264 e. The summed E-state index contributed by atoms with van der Waals surface area (Å²) in [6, 6.07) is 13.0. The molecule has 0 bridgehead atoms. The first kappa shape index (κ1) is 25.7. The fourth-order valence-electron chi connectivity index (χ4n) is 5.00. The number of sulfonamides is 1. The Labute approximate surface area is 226 Å². The van der Waals surface area contributed by atoms with E-state index in [1.54, 1.807) is 53.6 Å². The zero-order valence-corrected chi connectivity index (χ0v) is 22.5. The summed E-state index contributed by atoms with van der Waals surface area (Å²) in [5.41, 5.74) is 2.57. The second-order valence-electron chi connectivity index (χ2n) is 9.41.